The van der Waals surface area contributed by atoms with Crippen LogP contribution >= 0.6 is 0 Å². The first-order valence-corrected chi connectivity index (χ1v) is 6.69. The molecule has 0 spiro atoms. The van der Waals surface area contributed by atoms with Gasteiger partial charge in [0.25, 0.3) is 0 Å². The van der Waals surface area contributed by atoms with E-state index in [1.54, 1.807) is 6.33 Å². The maximum absolute atomic E-state index is 9.53. The molecule has 5 heteroatoms. The molecule has 0 bridgehead atoms. The van der Waals surface area contributed by atoms with Crippen molar-refractivity contribution in [3.63, 3.8) is 0 Å². The molecule has 0 saturated heterocycles. The minimum Gasteiger partial charge on any atom is -0.392 e. The number of rotatable bonds is 7. The molecule has 1 unspecified atom stereocenters. The first kappa shape index (κ1) is 15.1. The Labute approximate surface area is 110 Å². The third-order valence-corrected chi connectivity index (χ3v) is 2.81. The molecule has 0 fully saturated rings. The van der Waals surface area contributed by atoms with Crippen molar-refractivity contribution in [2.75, 3.05) is 6.54 Å². The summed E-state index contributed by atoms with van der Waals surface area (Å²) >= 11 is 0. The Morgan fingerprint density at radius 1 is 1.28 bits per heavy atom. The van der Waals surface area contributed by atoms with Gasteiger partial charge in [-0.1, -0.05) is 13.8 Å². The van der Waals surface area contributed by atoms with Gasteiger partial charge in [-0.15, -0.1) is 0 Å². The van der Waals surface area contributed by atoms with Crippen molar-refractivity contribution in [1.29, 1.82) is 0 Å². The second-order valence-corrected chi connectivity index (χ2v) is 5.62. The van der Waals surface area contributed by atoms with Gasteiger partial charge in [0.05, 0.1) is 12.6 Å². The molecule has 1 N–H and O–H groups in total. The van der Waals surface area contributed by atoms with Gasteiger partial charge in [0.15, 0.2) is 0 Å². The fraction of sp³-hybridized carbons (Fsp3) is 0.846. The van der Waals surface area contributed by atoms with E-state index < -0.39 is 0 Å². The smallest absolute Gasteiger partial charge is 0.141 e. The summed E-state index contributed by atoms with van der Waals surface area (Å²) in [6.07, 6.45) is 1.28. The molecule has 1 aromatic rings. The van der Waals surface area contributed by atoms with Gasteiger partial charge < -0.3 is 5.11 Å². The van der Waals surface area contributed by atoms with E-state index in [1.807, 2.05) is 11.6 Å². The summed E-state index contributed by atoms with van der Waals surface area (Å²) in [7, 11) is 0. The number of hydrogen-bond acceptors (Lipinski definition) is 4. The average molecular weight is 254 g/mol. The van der Waals surface area contributed by atoms with E-state index in [9.17, 15) is 5.11 Å². The van der Waals surface area contributed by atoms with E-state index in [0.29, 0.717) is 18.5 Å². The summed E-state index contributed by atoms with van der Waals surface area (Å²) < 4.78 is 1.96. The predicted molar refractivity (Wildman–Crippen MR) is 72.1 cm³/mol. The van der Waals surface area contributed by atoms with Gasteiger partial charge >= 0.3 is 0 Å². The van der Waals surface area contributed by atoms with Gasteiger partial charge in [0, 0.05) is 19.1 Å². The normalized spacial score (nSPS) is 13.8. The molecular formula is C13H26N4O. The van der Waals surface area contributed by atoms with Crippen molar-refractivity contribution in [1.82, 2.24) is 19.7 Å². The first-order chi connectivity index (χ1) is 8.40. The van der Waals surface area contributed by atoms with E-state index in [-0.39, 0.29) is 6.10 Å². The summed E-state index contributed by atoms with van der Waals surface area (Å²) in [6.45, 7) is 12.7. The van der Waals surface area contributed by atoms with Gasteiger partial charge in [-0.05, 0) is 26.7 Å². The number of aliphatic hydroxyl groups is 1. The lowest BCUT2D eigenvalue weighted by Crippen LogP contribution is -2.37. The molecule has 0 aliphatic carbocycles. The van der Waals surface area contributed by atoms with Crippen LogP contribution in [-0.4, -0.2) is 43.5 Å². The van der Waals surface area contributed by atoms with Crippen LogP contribution in [0.5, 0.6) is 0 Å². The summed E-state index contributed by atoms with van der Waals surface area (Å²) in [5.41, 5.74) is 0. The van der Waals surface area contributed by atoms with Crippen molar-refractivity contribution in [3.8, 4) is 0 Å². The van der Waals surface area contributed by atoms with Crippen molar-refractivity contribution < 1.29 is 5.11 Å². The number of hydrogen-bond donors (Lipinski definition) is 1. The first-order valence-electron chi connectivity index (χ1n) is 6.69. The Kier molecular flexibility index (Phi) is 5.75. The minimum atomic E-state index is -0.325. The molecule has 1 atom stereocenters. The maximum Gasteiger partial charge on any atom is 0.141 e. The molecule has 5 nitrogen and oxygen atoms in total. The molecule has 18 heavy (non-hydrogen) atoms. The predicted octanol–water partition coefficient (Wildman–Crippen LogP) is 1.53. The van der Waals surface area contributed by atoms with Gasteiger partial charge in [0.1, 0.15) is 12.2 Å². The fourth-order valence-corrected chi connectivity index (χ4v) is 1.89. The standard InChI is InChI=1S/C13H26N4O/c1-10(2)6-17-13(14-9-15-17)8-16(11(3)4)7-12(5)18/h9-12,18H,6-8H2,1-5H3. The van der Waals surface area contributed by atoms with Gasteiger partial charge in [0.2, 0.25) is 0 Å². The third-order valence-electron chi connectivity index (χ3n) is 2.81. The van der Waals surface area contributed by atoms with Crippen LogP contribution < -0.4 is 0 Å². The highest BCUT2D eigenvalue weighted by atomic mass is 16.3. The number of nitrogens with zero attached hydrogens (tertiary/aromatic N) is 4. The van der Waals surface area contributed by atoms with Crippen molar-refractivity contribution >= 4 is 0 Å². The Balaban J connectivity index is 2.71. The van der Waals surface area contributed by atoms with Crippen LogP contribution in [0.3, 0.4) is 0 Å². The summed E-state index contributed by atoms with van der Waals surface area (Å²) in [5.74, 6) is 1.52. The molecule has 0 aliphatic rings. The van der Waals surface area contributed by atoms with Crippen LogP contribution in [-0.2, 0) is 13.1 Å². The molecular weight excluding hydrogens is 228 g/mol. The second-order valence-electron chi connectivity index (χ2n) is 5.62. The van der Waals surface area contributed by atoms with Crippen LogP contribution in [0.2, 0.25) is 0 Å². The molecule has 0 amide bonds. The maximum atomic E-state index is 9.53. The van der Waals surface area contributed by atoms with Crippen molar-refractivity contribution in [2.45, 2.75) is 59.9 Å². The Morgan fingerprint density at radius 2 is 1.94 bits per heavy atom. The number of aromatic nitrogens is 3. The van der Waals surface area contributed by atoms with E-state index in [0.717, 1.165) is 18.9 Å². The fourth-order valence-electron chi connectivity index (χ4n) is 1.89. The minimum absolute atomic E-state index is 0.325. The summed E-state index contributed by atoms with van der Waals surface area (Å²) in [5, 5.41) is 13.8. The molecule has 0 saturated carbocycles. The van der Waals surface area contributed by atoms with Crippen LogP contribution in [0.25, 0.3) is 0 Å². The molecule has 0 aliphatic heterocycles. The zero-order valence-electron chi connectivity index (χ0n) is 12.2. The lowest BCUT2D eigenvalue weighted by Gasteiger charge is -2.27. The van der Waals surface area contributed by atoms with E-state index >= 15 is 0 Å². The quantitative estimate of drug-likeness (QED) is 0.801. The van der Waals surface area contributed by atoms with Crippen LogP contribution in [0, 0.1) is 5.92 Å². The van der Waals surface area contributed by atoms with Crippen molar-refractivity contribution in [3.05, 3.63) is 12.2 Å². The van der Waals surface area contributed by atoms with E-state index in [4.69, 9.17) is 0 Å². The highest BCUT2D eigenvalue weighted by molar-refractivity contribution is 4.86. The Bertz CT molecular complexity index is 347. The second kappa shape index (κ2) is 6.85. The van der Waals surface area contributed by atoms with Crippen LogP contribution in [0.15, 0.2) is 6.33 Å². The highest BCUT2D eigenvalue weighted by Gasteiger charge is 2.16. The van der Waals surface area contributed by atoms with Gasteiger partial charge in [-0.3, -0.25) is 4.90 Å². The zero-order valence-corrected chi connectivity index (χ0v) is 12.2. The van der Waals surface area contributed by atoms with E-state index in [1.165, 1.54) is 0 Å². The molecule has 1 heterocycles. The topological polar surface area (TPSA) is 54.2 Å². The largest absolute Gasteiger partial charge is 0.392 e. The Morgan fingerprint density at radius 3 is 2.44 bits per heavy atom. The van der Waals surface area contributed by atoms with Gasteiger partial charge in [-0.25, -0.2) is 9.67 Å². The van der Waals surface area contributed by atoms with E-state index in [2.05, 4.69) is 42.7 Å². The number of aliphatic hydroxyl groups excluding tert-OH is 1. The third kappa shape index (κ3) is 4.74. The SMILES string of the molecule is CC(C)Cn1ncnc1CN(CC(C)O)C(C)C. The molecule has 0 aromatic carbocycles. The van der Waals surface area contributed by atoms with Gasteiger partial charge in [-0.2, -0.15) is 5.10 Å². The molecule has 1 aromatic heterocycles. The van der Waals surface area contributed by atoms with Crippen molar-refractivity contribution in [2.24, 2.45) is 5.92 Å². The lowest BCUT2D eigenvalue weighted by atomic mass is 10.2. The monoisotopic (exact) mass is 254 g/mol. The molecule has 0 radical (unpaired) electrons. The summed E-state index contributed by atoms with van der Waals surface area (Å²) in [4.78, 5) is 6.54. The summed E-state index contributed by atoms with van der Waals surface area (Å²) in [6, 6.07) is 0.379. The molecule has 1 rings (SSSR count). The Hall–Kier alpha value is -0.940. The molecule has 104 valence electrons. The highest BCUT2D eigenvalue weighted by Crippen LogP contribution is 2.08. The van der Waals surface area contributed by atoms with Crippen LogP contribution in [0.1, 0.15) is 40.4 Å². The lowest BCUT2D eigenvalue weighted by molar-refractivity contribution is 0.0994. The zero-order chi connectivity index (χ0) is 13.7. The van der Waals surface area contributed by atoms with Crippen LogP contribution in [0.4, 0.5) is 0 Å². The average Bonchev–Trinajstić information content (AvgIpc) is 2.63.